The molecule has 0 aliphatic rings. The van der Waals surface area contributed by atoms with E-state index in [4.69, 9.17) is 10.5 Å². The second-order valence-corrected chi connectivity index (χ2v) is 6.52. The molecular weight excluding hydrogens is 396 g/mol. The van der Waals surface area contributed by atoms with Gasteiger partial charge in [-0.15, -0.1) is 0 Å². The van der Waals surface area contributed by atoms with E-state index < -0.39 is 0 Å². The summed E-state index contributed by atoms with van der Waals surface area (Å²) < 4.78 is 0. The Labute approximate surface area is 183 Å². The summed E-state index contributed by atoms with van der Waals surface area (Å²) in [6.45, 7) is 0. The molecule has 0 bridgehead atoms. The molecule has 0 aliphatic heterocycles. The molecule has 0 atom stereocenters. The fourth-order valence-corrected chi connectivity index (χ4v) is 3.23. The predicted octanol–water partition coefficient (Wildman–Crippen LogP) is 3.16. The fraction of sp³-hybridized carbons (Fsp3) is 0. The van der Waals surface area contributed by atoms with E-state index in [9.17, 15) is 21.0 Å². The molecular formula is C26H10N6. The van der Waals surface area contributed by atoms with E-state index in [1.807, 2.05) is 36.4 Å². The van der Waals surface area contributed by atoms with Gasteiger partial charge in [0.2, 0.25) is 0 Å². The smallest absolute Gasteiger partial charge is 0.137 e. The average molecular weight is 406 g/mol. The van der Waals surface area contributed by atoms with Crippen LogP contribution in [0.15, 0.2) is 60.7 Å². The zero-order valence-corrected chi connectivity index (χ0v) is 16.5. The van der Waals surface area contributed by atoms with Gasteiger partial charge in [-0.1, -0.05) is 24.3 Å². The summed E-state index contributed by atoms with van der Waals surface area (Å²) in [5.74, 6) is 0. The molecule has 0 saturated heterocycles. The summed E-state index contributed by atoms with van der Waals surface area (Å²) in [5.41, 5.74) is 2.79. The summed E-state index contributed by atoms with van der Waals surface area (Å²) in [4.78, 5) is 0. The van der Waals surface area contributed by atoms with Crippen LogP contribution in [-0.2, 0) is 0 Å². The van der Waals surface area contributed by atoms with E-state index in [0.717, 1.165) is 0 Å². The van der Waals surface area contributed by atoms with Crippen molar-refractivity contribution in [1.82, 2.24) is 0 Å². The quantitative estimate of drug-likeness (QED) is 0.639. The van der Waals surface area contributed by atoms with Crippen LogP contribution >= 0.6 is 0 Å². The Hall–Kier alpha value is -5.66. The van der Waals surface area contributed by atoms with Gasteiger partial charge in [-0.05, 0) is 58.7 Å². The minimum absolute atomic E-state index is 0.138. The van der Waals surface area contributed by atoms with Gasteiger partial charge in [0, 0.05) is 10.4 Å². The second kappa shape index (κ2) is 9.23. The Bertz CT molecular complexity index is 1440. The van der Waals surface area contributed by atoms with Crippen molar-refractivity contribution in [1.29, 1.82) is 31.6 Å². The molecule has 0 heterocycles. The maximum atomic E-state index is 9.54. The maximum Gasteiger partial charge on any atom is 0.137 e. The zero-order chi connectivity index (χ0) is 23.1. The van der Waals surface area contributed by atoms with Crippen molar-refractivity contribution in [2.45, 2.75) is 0 Å². The van der Waals surface area contributed by atoms with Crippen LogP contribution in [0.25, 0.3) is 33.4 Å². The molecule has 0 unspecified atom stereocenters. The Balaban J connectivity index is 2.54. The lowest BCUT2D eigenvalue weighted by Gasteiger charge is -2.10. The lowest BCUT2D eigenvalue weighted by molar-refractivity contribution is 1.43. The van der Waals surface area contributed by atoms with Gasteiger partial charge < -0.3 is 0 Å². The standard InChI is InChI=1S/C26H10N6/c27-11-17-1-5-19(6-2-17)23-9-26(22(15-31)16-32)24(10-25(23)21(13-29)14-30)20-7-3-18(12-28)4-8-20/h1-10H. The molecule has 0 aromatic heterocycles. The summed E-state index contributed by atoms with van der Waals surface area (Å²) in [6, 6.07) is 28.0. The number of nitriles is 6. The lowest BCUT2D eigenvalue weighted by atomic mass is 9.92. The van der Waals surface area contributed by atoms with Crippen molar-refractivity contribution in [2.75, 3.05) is 0 Å². The third-order valence-electron chi connectivity index (χ3n) is 4.79. The number of benzene rings is 3. The molecule has 32 heavy (non-hydrogen) atoms. The first kappa shape index (κ1) is 21.1. The van der Waals surface area contributed by atoms with Crippen molar-refractivity contribution in [3.63, 3.8) is 0 Å². The van der Waals surface area contributed by atoms with Gasteiger partial charge in [-0.25, -0.2) is 0 Å². The highest BCUT2D eigenvalue weighted by atomic mass is 14.3. The van der Waals surface area contributed by atoms with Gasteiger partial charge in [0.25, 0.3) is 0 Å². The van der Waals surface area contributed by atoms with Crippen molar-refractivity contribution in [2.24, 2.45) is 0 Å². The normalized spacial score (nSPS) is 9.06. The van der Waals surface area contributed by atoms with Crippen LogP contribution in [-0.4, -0.2) is 0 Å². The van der Waals surface area contributed by atoms with E-state index >= 15 is 0 Å². The summed E-state index contributed by atoms with van der Waals surface area (Å²) in [5, 5.41) is 56.9. The van der Waals surface area contributed by atoms with Gasteiger partial charge >= 0.3 is 0 Å². The fourth-order valence-electron chi connectivity index (χ4n) is 3.23. The molecule has 0 amide bonds. The minimum atomic E-state index is -0.138. The lowest BCUT2D eigenvalue weighted by Crippen LogP contribution is -2.19. The molecule has 3 rings (SSSR count). The Morgan fingerprint density at radius 1 is 0.469 bits per heavy atom. The molecule has 6 nitrogen and oxygen atoms in total. The van der Waals surface area contributed by atoms with E-state index in [-0.39, 0.29) is 11.1 Å². The van der Waals surface area contributed by atoms with Gasteiger partial charge in [-0.3, -0.25) is 0 Å². The van der Waals surface area contributed by atoms with Gasteiger partial charge in [0.15, 0.2) is 0 Å². The Kier molecular flexibility index (Phi) is 6.07. The number of nitrogens with zero attached hydrogens (tertiary/aromatic N) is 6. The van der Waals surface area contributed by atoms with E-state index in [2.05, 4.69) is 0 Å². The van der Waals surface area contributed by atoms with Crippen molar-refractivity contribution < 1.29 is 0 Å². The molecule has 3 aromatic carbocycles. The molecule has 0 spiro atoms. The van der Waals surface area contributed by atoms with Crippen LogP contribution < -0.4 is 10.4 Å². The average Bonchev–Trinajstić information content (AvgIpc) is 2.86. The predicted molar refractivity (Wildman–Crippen MR) is 115 cm³/mol. The largest absolute Gasteiger partial charge is 0.192 e. The van der Waals surface area contributed by atoms with Crippen molar-refractivity contribution in [3.05, 3.63) is 82.2 Å². The zero-order valence-electron chi connectivity index (χ0n) is 16.5. The van der Waals surface area contributed by atoms with Crippen LogP contribution in [0.2, 0.25) is 0 Å². The number of hydrogen-bond acceptors (Lipinski definition) is 6. The van der Waals surface area contributed by atoms with Gasteiger partial charge in [0.05, 0.1) is 23.3 Å². The summed E-state index contributed by atoms with van der Waals surface area (Å²) in [7, 11) is 0. The number of hydrogen-bond donors (Lipinski definition) is 0. The van der Waals surface area contributed by atoms with Crippen molar-refractivity contribution in [3.8, 4) is 58.7 Å². The Morgan fingerprint density at radius 2 is 0.781 bits per heavy atom. The molecule has 0 saturated carbocycles. The molecule has 6 heteroatoms. The minimum Gasteiger partial charge on any atom is -0.192 e. The Morgan fingerprint density at radius 3 is 1.03 bits per heavy atom. The van der Waals surface area contributed by atoms with Gasteiger partial charge in [-0.2, -0.15) is 31.6 Å². The highest BCUT2D eigenvalue weighted by molar-refractivity contribution is 5.85. The van der Waals surface area contributed by atoms with E-state index in [1.54, 1.807) is 60.7 Å². The molecule has 0 aliphatic carbocycles. The molecule has 144 valence electrons. The van der Waals surface area contributed by atoms with Crippen LogP contribution in [0, 0.1) is 68.0 Å². The van der Waals surface area contributed by atoms with Crippen LogP contribution in [0.4, 0.5) is 0 Å². The monoisotopic (exact) mass is 406 g/mol. The molecule has 3 aromatic rings. The second-order valence-electron chi connectivity index (χ2n) is 6.52. The summed E-state index contributed by atoms with van der Waals surface area (Å²) in [6.07, 6.45) is 0. The number of rotatable bonds is 2. The first-order valence-corrected chi connectivity index (χ1v) is 9.14. The van der Waals surface area contributed by atoms with Crippen LogP contribution in [0.1, 0.15) is 11.1 Å². The van der Waals surface area contributed by atoms with Crippen molar-refractivity contribution >= 4 is 11.1 Å². The maximum absolute atomic E-state index is 9.54. The van der Waals surface area contributed by atoms with Crippen LogP contribution in [0.3, 0.4) is 0 Å². The van der Waals surface area contributed by atoms with Gasteiger partial charge in [0.1, 0.15) is 35.4 Å². The molecule has 0 N–H and O–H groups in total. The first-order valence-electron chi connectivity index (χ1n) is 9.14. The summed E-state index contributed by atoms with van der Waals surface area (Å²) >= 11 is 0. The van der Waals surface area contributed by atoms with E-state index in [1.165, 1.54) is 0 Å². The highest BCUT2D eigenvalue weighted by Crippen LogP contribution is 2.21. The highest BCUT2D eigenvalue weighted by Gasteiger charge is 2.12. The molecule has 0 radical (unpaired) electrons. The van der Waals surface area contributed by atoms with E-state index in [0.29, 0.717) is 43.8 Å². The third kappa shape index (κ3) is 3.90. The molecule has 0 fully saturated rings. The topological polar surface area (TPSA) is 143 Å². The van der Waals surface area contributed by atoms with Crippen LogP contribution in [0.5, 0.6) is 0 Å². The third-order valence-corrected chi connectivity index (χ3v) is 4.79. The SMILES string of the molecule is N#CC(C#N)=c1cc(-c2ccc(C#N)cc2)c(=C(C#N)C#N)cc1-c1ccc(C#N)cc1. The first-order chi connectivity index (χ1) is 15.6.